The summed E-state index contributed by atoms with van der Waals surface area (Å²) in [5.74, 6) is -0.0188. The molecule has 1 aliphatic rings. The lowest BCUT2D eigenvalue weighted by Gasteiger charge is -2.34. The normalized spacial score (nSPS) is 14.7. The summed E-state index contributed by atoms with van der Waals surface area (Å²) in [5, 5.41) is 0.427. The van der Waals surface area contributed by atoms with Gasteiger partial charge in [-0.2, -0.15) is 0 Å². The summed E-state index contributed by atoms with van der Waals surface area (Å²) >= 11 is 6.01. The third-order valence-electron chi connectivity index (χ3n) is 3.17. The predicted octanol–water partition coefficient (Wildman–Crippen LogP) is 2.97. The highest BCUT2D eigenvalue weighted by Gasteiger charge is 2.27. The van der Waals surface area contributed by atoms with Gasteiger partial charge in [0.1, 0.15) is 0 Å². The maximum absolute atomic E-state index is 12.1. The lowest BCUT2D eigenvalue weighted by Crippen LogP contribution is -2.41. The van der Waals surface area contributed by atoms with Gasteiger partial charge in [0.25, 0.3) is 5.91 Å². The average Bonchev–Trinajstić information content (AvgIpc) is 2.14. The van der Waals surface area contributed by atoms with Crippen molar-refractivity contribution in [3.63, 3.8) is 0 Å². The molecule has 0 aromatic heterocycles. The Bertz CT molecular complexity index is 419. The van der Waals surface area contributed by atoms with Crippen molar-refractivity contribution in [3.05, 3.63) is 28.8 Å². The van der Waals surface area contributed by atoms with Crippen molar-refractivity contribution in [2.75, 3.05) is 12.8 Å². The second-order valence-electron chi connectivity index (χ2n) is 4.24. The zero-order valence-corrected chi connectivity index (χ0v) is 11.2. The number of benzene rings is 1. The third kappa shape index (κ3) is 2.85. The van der Waals surface area contributed by atoms with Crippen LogP contribution in [0.3, 0.4) is 0 Å². The van der Waals surface area contributed by atoms with Crippen LogP contribution in [0.25, 0.3) is 0 Å². The van der Waals surface area contributed by atoms with Crippen molar-refractivity contribution >= 4 is 35.6 Å². The second kappa shape index (κ2) is 5.61. The number of nitrogen functional groups attached to an aromatic ring is 1. The molecule has 1 aromatic carbocycles. The van der Waals surface area contributed by atoms with Crippen LogP contribution in [0.2, 0.25) is 5.02 Å². The Morgan fingerprint density at radius 2 is 2.12 bits per heavy atom. The molecule has 94 valence electrons. The molecule has 1 amide bonds. The standard InChI is InChI=1S/C12H15ClN2O.ClH/c1-15(9-3-2-4-9)12(16)10-6-5-8(14)7-11(10)13;/h5-7,9H,2-4,14H2,1H3;1H. The second-order valence-corrected chi connectivity index (χ2v) is 4.65. The van der Waals surface area contributed by atoms with Gasteiger partial charge in [0, 0.05) is 18.8 Å². The minimum atomic E-state index is -0.0188. The van der Waals surface area contributed by atoms with E-state index in [-0.39, 0.29) is 18.3 Å². The fourth-order valence-corrected chi connectivity index (χ4v) is 2.10. The van der Waals surface area contributed by atoms with E-state index < -0.39 is 0 Å². The van der Waals surface area contributed by atoms with Crippen LogP contribution in [0.1, 0.15) is 29.6 Å². The quantitative estimate of drug-likeness (QED) is 0.843. The molecule has 5 heteroatoms. The van der Waals surface area contributed by atoms with E-state index in [1.165, 1.54) is 6.42 Å². The van der Waals surface area contributed by atoms with Crippen LogP contribution in [0.15, 0.2) is 18.2 Å². The average molecular weight is 275 g/mol. The third-order valence-corrected chi connectivity index (χ3v) is 3.48. The van der Waals surface area contributed by atoms with Crippen LogP contribution in [0, 0.1) is 0 Å². The van der Waals surface area contributed by atoms with Crippen molar-refractivity contribution in [1.29, 1.82) is 0 Å². The van der Waals surface area contributed by atoms with Crippen molar-refractivity contribution < 1.29 is 4.79 Å². The van der Waals surface area contributed by atoms with Crippen molar-refractivity contribution in [1.82, 2.24) is 4.90 Å². The highest BCUT2D eigenvalue weighted by atomic mass is 35.5. The number of carbonyl (C=O) groups is 1. The molecule has 1 saturated carbocycles. The van der Waals surface area contributed by atoms with Crippen LogP contribution in [0.4, 0.5) is 5.69 Å². The fraction of sp³-hybridized carbons (Fsp3) is 0.417. The highest BCUT2D eigenvalue weighted by molar-refractivity contribution is 6.34. The SMILES string of the molecule is CN(C(=O)c1ccc(N)cc1Cl)C1CCC1.Cl. The molecule has 3 nitrogen and oxygen atoms in total. The van der Waals surface area contributed by atoms with Crippen molar-refractivity contribution in [3.8, 4) is 0 Å². The number of hydrogen-bond acceptors (Lipinski definition) is 2. The molecule has 1 aromatic rings. The van der Waals surface area contributed by atoms with Gasteiger partial charge in [-0.05, 0) is 37.5 Å². The van der Waals surface area contributed by atoms with E-state index in [0.29, 0.717) is 22.3 Å². The molecular formula is C12H16Cl2N2O. The predicted molar refractivity (Wildman–Crippen MR) is 72.8 cm³/mol. The molecule has 0 atom stereocenters. The Morgan fingerprint density at radius 1 is 1.47 bits per heavy atom. The smallest absolute Gasteiger partial charge is 0.255 e. The van der Waals surface area contributed by atoms with Gasteiger partial charge in [0.2, 0.25) is 0 Å². The number of nitrogens with two attached hydrogens (primary N) is 1. The van der Waals surface area contributed by atoms with Gasteiger partial charge in [-0.3, -0.25) is 4.79 Å². The molecule has 0 saturated heterocycles. The first-order valence-corrected chi connectivity index (χ1v) is 5.79. The van der Waals surface area contributed by atoms with Crippen molar-refractivity contribution in [2.24, 2.45) is 0 Å². The van der Waals surface area contributed by atoms with E-state index in [1.807, 2.05) is 7.05 Å². The van der Waals surface area contributed by atoms with Crippen LogP contribution >= 0.6 is 24.0 Å². The van der Waals surface area contributed by atoms with E-state index in [4.69, 9.17) is 17.3 Å². The number of carbonyl (C=O) groups excluding carboxylic acids is 1. The molecule has 1 fully saturated rings. The molecule has 0 aliphatic heterocycles. The largest absolute Gasteiger partial charge is 0.399 e. The molecule has 1 aliphatic carbocycles. The maximum Gasteiger partial charge on any atom is 0.255 e. The molecule has 0 heterocycles. The van der Waals surface area contributed by atoms with Gasteiger partial charge in [0.05, 0.1) is 10.6 Å². The number of amides is 1. The number of anilines is 1. The Hall–Kier alpha value is -0.930. The summed E-state index contributed by atoms with van der Waals surface area (Å²) in [7, 11) is 1.83. The summed E-state index contributed by atoms with van der Waals surface area (Å²) in [6.45, 7) is 0. The van der Waals surface area contributed by atoms with Gasteiger partial charge in [-0.1, -0.05) is 11.6 Å². The molecule has 0 spiro atoms. The first-order chi connectivity index (χ1) is 7.59. The van der Waals surface area contributed by atoms with Crippen LogP contribution in [-0.2, 0) is 0 Å². The summed E-state index contributed by atoms with van der Waals surface area (Å²) in [6, 6.07) is 5.38. The van der Waals surface area contributed by atoms with Crippen LogP contribution in [-0.4, -0.2) is 23.9 Å². The molecule has 0 unspecified atom stereocenters. The van der Waals surface area contributed by atoms with Gasteiger partial charge >= 0.3 is 0 Å². The Labute approximate surface area is 112 Å². The zero-order chi connectivity index (χ0) is 11.7. The zero-order valence-electron chi connectivity index (χ0n) is 9.65. The first kappa shape index (κ1) is 14.1. The summed E-state index contributed by atoms with van der Waals surface area (Å²) in [6.07, 6.45) is 3.39. The Morgan fingerprint density at radius 3 is 2.59 bits per heavy atom. The molecule has 0 radical (unpaired) electrons. The van der Waals surface area contributed by atoms with E-state index in [2.05, 4.69) is 0 Å². The van der Waals surface area contributed by atoms with Gasteiger partial charge in [0.15, 0.2) is 0 Å². The van der Waals surface area contributed by atoms with E-state index in [9.17, 15) is 4.79 Å². The van der Waals surface area contributed by atoms with E-state index in [1.54, 1.807) is 23.1 Å². The van der Waals surface area contributed by atoms with Crippen LogP contribution in [0.5, 0.6) is 0 Å². The first-order valence-electron chi connectivity index (χ1n) is 5.42. The lowest BCUT2D eigenvalue weighted by atomic mass is 9.91. The number of halogens is 2. The molecule has 2 N–H and O–H groups in total. The molecule has 17 heavy (non-hydrogen) atoms. The van der Waals surface area contributed by atoms with E-state index >= 15 is 0 Å². The van der Waals surface area contributed by atoms with Gasteiger partial charge < -0.3 is 10.6 Å². The minimum Gasteiger partial charge on any atom is -0.399 e. The number of rotatable bonds is 2. The molecular weight excluding hydrogens is 259 g/mol. The highest BCUT2D eigenvalue weighted by Crippen LogP contribution is 2.27. The molecule has 2 rings (SSSR count). The molecule has 0 bridgehead atoms. The number of nitrogens with zero attached hydrogens (tertiary/aromatic N) is 1. The van der Waals surface area contributed by atoms with E-state index in [0.717, 1.165) is 12.8 Å². The maximum atomic E-state index is 12.1. The Balaban J connectivity index is 0.00000144. The lowest BCUT2D eigenvalue weighted by molar-refractivity contribution is 0.0652. The summed E-state index contributed by atoms with van der Waals surface area (Å²) < 4.78 is 0. The monoisotopic (exact) mass is 274 g/mol. The Kier molecular flexibility index (Phi) is 4.66. The van der Waals surface area contributed by atoms with Crippen molar-refractivity contribution in [2.45, 2.75) is 25.3 Å². The topological polar surface area (TPSA) is 46.3 Å². The minimum absolute atomic E-state index is 0. The van der Waals surface area contributed by atoms with Crippen LogP contribution < -0.4 is 5.73 Å². The number of hydrogen-bond donors (Lipinski definition) is 1. The summed E-state index contributed by atoms with van der Waals surface area (Å²) in [4.78, 5) is 13.9. The van der Waals surface area contributed by atoms with Gasteiger partial charge in [-0.15, -0.1) is 12.4 Å². The summed E-state index contributed by atoms with van der Waals surface area (Å²) in [5.41, 5.74) is 6.70. The fourth-order valence-electron chi connectivity index (χ4n) is 1.83. The van der Waals surface area contributed by atoms with Gasteiger partial charge in [-0.25, -0.2) is 0 Å².